The van der Waals surface area contributed by atoms with Crippen LogP contribution in [-0.2, 0) is 4.79 Å². The molecule has 8 nitrogen and oxygen atoms in total. The average Bonchev–Trinajstić information content (AvgIpc) is 3.45. The molecule has 2 aliphatic rings. The summed E-state index contributed by atoms with van der Waals surface area (Å²) in [7, 11) is 1.55. The van der Waals surface area contributed by atoms with Crippen LogP contribution in [0.5, 0.6) is 17.2 Å². The second kappa shape index (κ2) is 7.48. The van der Waals surface area contributed by atoms with Crippen LogP contribution in [0, 0.1) is 0 Å². The molecule has 4 aromatic rings. The maximum Gasteiger partial charge on any atom is 0.312 e. The third-order valence-electron chi connectivity index (χ3n) is 6.05. The van der Waals surface area contributed by atoms with Crippen molar-refractivity contribution in [2.24, 2.45) is 0 Å². The average molecular weight is 455 g/mol. The zero-order valence-electron chi connectivity index (χ0n) is 17.9. The van der Waals surface area contributed by atoms with Gasteiger partial charge in [-0.2, -0.15) is 0 Å². The smallest absolute Gasteiger partial charge is 0.312 e. The molecule has 0 saturated heterocycles. The Balaban J connectivity index is 1.51. The van der Waals surface area contributed by atoms with Crippen LogP contribution < -0.4 is 19.8 Å². The third kappa shape index (κ3) is 3.11. The number of carbonyl (C=O) groups excluding carboxylic acids is 2. The number of allylic oxidation sites excluding steroid dienone is 1. The van der Waals surface area contributed by atoms with Crippen molar-refractivity contribution in [3.8, 4) is 17.2 Å². The Hall–Kier alpha value is -4.59. The van der Waals surface area contributed by atoms with Gasteiger partial charge in [0.05, 0.1) is 30.9 Å². The number of esters is 1. The number of fused-ring (bicyclic) bond motifs is 4. The minimum Gasteiger partial charge on any atom is -0.497 e. The highest BCUT2D eigenvalue weighted by Gasteiger charge is 2.39. The van der Waals surface area contributed by atoms with Gasteiger partial charge < -0.3 is 23.6 Å². The molecular weight excluding hydrogens is 438 g/mol. The van der Waals surface area contributed by atoms with Crippen LogP contribution >= 0.6 is 0 Å². The number of Topliss-reactive ketones (excluding diaryl/α,β-unsaturated/α-hetero) is 1. The number of ether oxygens (including phenoxy) is 3. The summed E-state index contributed by atoms with van der Waals surface area (Å²) >= 11 is 0. The molecule has 8 heteroatoms. The Bertz CT molecular complexity index is 1580. The predicted octanol–water partition coefficient (Wildman–Crippen LogP) is 4.19. The lowest BCUT2D eigenvalue weighted by atomic mass is 9.85. The highest BCUT2D eigenvalue weighted by atomic mass is 16.5. The van der Waals surface area contributed by atoms with Gasteiger partial charge in [0.2, 0.25) is 5.78 Å². The highest BCUT2D eigenvalue weighted by molar-refractivity contribution is 6.15. The normalized spacial score (nSPS) is 17.9. The molecule has 0 spiro atoms. The van der Waals surface area contributed by atoms with Gasteiger partial charge >= 0.3 is 5.97 Å². The van der Waals surface area contributed by atoms with Crippen molar-refractivity contribution in [1.29, 1.82) is 0 Å². The molecule has 0 radical (unpaired) electrons. The van der Waals surface area contributed by atoms with Crippen molar-refractivity contribution in [3.05, 3.63) is 93.4 Å². The SMILES string of the molecule is COc1ccc2cc([C@@H]3CC(=O)Oc4ccc5c(c43)O/C(=C\c3ccco3)C5=O)c(=O)[nH]c2c1. The first-order chi connectivity index (χ1) is 16.5. The Labute approximate surface area is 192 Å². The van der Waals surface area contributed by atoms with E-state index in [2.05, 4.69) is 4.98 Å². The van der Waals surface area contributed by atoms with Gasteiger partial charge in [-0.1, -0.05) is 0 Å². The van der Waals surface area contributed by atoms with Crippen LogP contribution in [0.4, 0.5) is 0 Å². The number of aromatic amines is 1. The molecule has 168 valence electrons. The van der Waals surface area contributed by atoms with Crippen LogP contribution in [0.15, 0.2) is 69.8 Å². The van der Waals surface area contributed by atoms with Crippen molar-refractivity contribution in [2.45, 2.75) is 12.3 Å². The highest BCUT2D eigenvalue weighted by Crippen LogP contribution is 2.48. The molecule has 0 amide bonds. The van der Waals surface area contributed by atoms with Gasteiger partial charge in [0.15, 0.2) is 5.76 Å². The molecular formula is C26H17NO7. The molecule has 2 aromatic carbocycles. The number of methoxy groups -OCH3 is 1. The lowest BCUT2D eigenvalue weighted by Gasteiger charge is -2.26. The summed E-state index contributed by atoms with van der Waals surface area (Å²) in [5, 5.41) is 0.777. The van der Waals surface area contributed by atoms with E-state index in [1.165, 1.54) is 12.3 Å². The summed E-state index contributed by atoms with van der Waals surface area (Å²) in [6.45, 7) is 0. The molecule has 1 N–H and O–H groups in total. The standard InChI is InChI=1S/C26H17NO7/c1-31-14-5-4-13-9-18(26(30)27-19(13)10-14)17-12-22(28)33-20-7-6-16-24(29)21(34-25(16)23(17)20)11-15-3-2-8-32-15/h2-11,17H,12H2,1H3,(H,27,30)/b21-11-/t17-/m0/s1. The Kier molecular flexibility index (Phi) is 4.41. The lowest BCUT2D eigenvalue weighted by molar-refractivity contribution is -0.135. The van der Waals surface area contributed by atoms with Gasteiger partial charge in [-0.25, -0.2) is 0 Å². The molecule has 2 aliphatic heterocycles. The fourth-order valence-electron chi connectivity index (χ4n) is 4.46. The van der Waals surface area contributed by atoms with E-state index in [-0.39, 0.29) is 35.0 Å². The molecule has 0 aliphatic carbocycles. The zero-order valence-corrected chi connectivity index (χ0v) is 17.9. The number of rotatable bonds is 3. The maximum atomic E-state index is 13.1. The number of hydrogen-bond donors (Lipinski definition) is 1. The third-order valence-corrected chi connectivity index (χ3v) is 6.05. The summed E-state index contributed by atoms with van der Waals surface area (Å²) < 4.78 is 21.9. The Morgan fingerprint density at radius 2 is 1.94 bits per heavy atom. The number of carbonyl (C=O) groups is 2. The van der Waals surface area contributed by atoms with Crippen LogP contribution in [-0.4, -0.2) is 23.8 Å². The fraction of sp³-hybridized carbons (Fsp3) is 0.115. The number of aromatic nitrogens is 1. The van der Waals surface area contributed by atoms with Gasteiger partial charge in [-0.3, -0.25) is 14.4 Å². The van der Waals surface area contributed by atoms with E-state index in [4.69, 9.17) is 18.6 Å². The second-order valence-corrected chi connectivity index (χ2v) is 8.05. The lowest BCUT2D eigenvalue weighted by Crippen LogP contribution is -2.26. The van der Waals surface area contributed by atoms with Crippen LogP contribution in [0.2, 0.25) is 0 Å². The van der Waals surface area contributed by atoms with E-state index in [1.54, 1.807) is 49.6 Å². The summed E-state index contributed by atoms with van der Waals surface area (Å²) in [5.41, 5.74) is 1.47. The van der Waals surface area contributed by atoms with E-state index in [0.717, 1.165) is 5.39 Å². The first kappa shape index (κ1) is 20.0. The van der Waals surface area contributed by atoms with E-state index in [0.29, 0.717) is 33.7 Å². The van der Waals surface area contributed by atoms with E-state index in [9.17, 15) is 14.4 Å². The van der Waals surface area contributed by atoms with Gasteiger partial charge in [0.25, 0.3) is 5.56 Å². The van der Waals surface area contributed by atoms with E-state index in [1.807, 2.05) is 6.07 Å². The summed E-state index contributed by atoms with van der Waals surface area (Å²) in [5.74, 6) is 0.281. The molecule has 2 aromatic heterocycles. The predicted molar refractivity (Wildman–Crippen MR) is 121 cm³/mol. The van der Waals surface area contributed by atoms with Crippen LogP contribution in [0.1, 0.15) is 39.6 Å². The van der Waals surface area contributed by atoms with Gasteiger partial charge in [-0.05, 0) is 47.9 Å². The Morgan fingerprint density at radius 3 is 2.74 bits per heavy atom. The number of hydrogen-bond acceptors (Lipinski definition) is 7. The number of nitrogens with one attached hydrogen (secondary N) is 1. The number of ketones is 1. The first-order valence-corrected chi connectivity index (χ1v) is 10.6. The largest absolute Gasteiger partial charge is 0.497 e. The van der Waals surface area contributed by atoms with Crippen LogP contribution in [0.25, 0.3) is 17.0 Å². The van der Waals surface area contributed by atoms with Crippen molar-refractivity contribution < 1.29 is 28.2 Å². The quantitative estimate of drug-likeness (QED) is 0.280. The maximum absolute atomic E-state index is 13.1. The molecule has 34 heavy (non-hydrogen) atoms. The molecule has 4 heterocycles. The summed E-state index contributed by atoms with van der Waals surface area (Å²) in [6.07, 6.45) is 2.94. The molecule has 1 atom stereocenters. The van der Waals surface area contributed by atoms with Crippen LogP contribution in [0.3, 0.4) is 0 Å². The number of H-pyrrole nitrogens is 1. The van der Waals surface area contributed by atoms with Gasteiger partial charge in [0.1, 0.15) is 23.0 Å². The second-order valence-electron chi connectivity index (χ2n) is 8.05. The molecule has 0 saturated carbocycles. The van der Waals surface area contributed by atoms with Crippen molar-refractivity contribution in [1.82, 2.24) is 4.98 Å². The van der Waals surface area contributed by atoms with E-state index >= 15 is 0 Å². The zero-order chi connectivity index (χ0) is 23.4. The fourth-order valence-corrected chi connectivity index (χ4v) is 4.46. The van der Waals surface area contributed by atoms with E-state index < -0.39 is 11.9 Å². The minimum atomic E-state index is -0.655. The van der Waals surface area contributed by atoms with Crippen molar-refractivity contribution in [3.63, 3.8) is 0 Å². The van der Waals surface area contributed by atoms with Gasteiger partial charge in [0, 0.05) is 29.2 Å². The van der Waals surface area contributed by atoms with Crippen molar-refractivity contribution in [2.75, 3.05) is 7.11 Å². The summed E-state index contributed by atoms with van der Waals surface area (Å²) in [4.78, 5) is 41.4. The minimum absolute atomic E-state index is 0.0665. The molecule has 0 fully saturated rings. The number of benzene rings is 2. The Morgan fingerprint density at radius 1 is 1.06 bits per heavy atom. The molecule has 6 rings (SSSR count). The van der Waals surface area contributed by atoms with Gasteiger partial charge in [-0.15, -0.1) is 0 Å². The monoisotopic (exact) mass is 455 g/mol. The first-order valence-electron chi connectivity index (χ1n) is 10.6. The number of pyridine rings is 1. The van der Waals surface area contributed by atoms with Crippen molar-refractivity contribution >= 4 is 28.7 Å². The molecule has 0 bridgehead atoms. The topological polar surface area (TPSA) is 108 Å². The molecule has 0 unspecified atom stereocenters. The summed E-state index contributed by atoms with van der Waals surface area (Å²) in [6, 6.07) is 13.6. The number of furan rings is 1.